The van der Waals surface area contributed by atoms with E-state index in [1.807, 2.05) is 37.3 Å². The minimum atomic E-state index is -0.00638. The van der Waals surface area contributed by atoms with E-state index >= 15 is 0 Å². The van der Waals surface area contributed by atoms with Crippen LogP contribution in [0.25, 0.3) is 10.9 Å². The number of fused-ring (bicyclic) bond motifs is 1. The second-order valence-corrected chi connectivity index (χ2v) is 4.89. The summed E-state index contributed by atoms with van der Waals surface area (Å²) in [6.07, 6.45) is 1.80. The zero-order valence-corrected chi connectivity index (χ0v) is 11.9. The molecule has 106 valence electrons. The van der Waals surface area contributed by atoms with Crippen LogP contribution in [0.2, 0.25) is 0 Å². The number of para-hydroxylation sites is 1. The molecule has 4 heteroatoms. The summed E-state index contributed by atoms with van der Waals surface area (Å²) in [5.74, 6) is 0.840. The summed E-state index contributed by atoms with van der Waals surface area (Å²) in [4.78, 5) is 16.5. The van der Waals surface area contributed by atoms with E-state index in [1.165, 1.54) is 0 Å². The van der Waals surface area contributed by atoms with Crippen LogP contribution in [0.4, 0.5) is 5.82 Å². The molecule has 0 fully saturated rings. The Balaban J connectivity index is 2.09. The summed E-state index contributed by atoms with van der Waals surface area (Å²) in [6, 6.07) is 15.3. The SMILES string of the molecule is CCNc1nc2ccccc2cc1Cn1ccccc1=O. The van der Waals surface area contributed by atoms with Crippen molar-refractivity contribution >= 4 is 16.7 Å². The maximum atomic E-state index is 11.9. The van der Waals surface area contributed by atoms with Gasteiger partial charge in [-0.15, -0.1) is 0 Å². The van der Waals surface area contributed by atoms with Crippen LogP contribution in [-0.2, 0) is 6.54 Å². The summed E-state index contributed by atoms with van der Waals surface area (Å²) >= 11 is 0. The van der Waals surface area contributed by atoms with E-state index < -0.39 is 0 Å². The number of hydrogen-bond acceptors (Lipinski definition) is 3. The first-order chi connectivity index (χ1) is 10.3. The molecule has 0 amide bonds. The quantitative estimate of drug-likeness (QED) is 0.799. The molecule has 0 bridgehead atoms. The van der Waals surface area contributed by atoms with Gasteiger partial charge in [0.2, 0.25) is 0 Å². The average molecular weight is 279 g/mol. The molecule has 4 nitrogen and oxygen atoms in total. The van der Waals surface area contributed by atoms with Crippen molar-refractivity contribution in [1.29, 1.82) is 0 Å². The fourth-order valence-corrected chi connectivity index (χ4v) is 2.38. The molecule has 0 spiro atoms. The Morgan fingerprint density at radius 3 is 2.76 bits per heavy atom. The third kappa shape index (κ3) is 2.79. The van der Waals surface area contributed by atoms with Gasteiger partial charge in [-0.3, -0.25) is 4.79 Å². The lowest BCUT2D eigenvalue weighted by molar-refractivity contribution is 0.758. The van der Waals surface area contributed by atoms with Crippen LogP contribution in [0.3, 0.4) is 0 Å². The smallest absolute Gasteiger partial charge is 0.250 e. The summed E-state index contributed by atoms with van der Waals surface area (Å²) in [7, 11) is 0. The second kappa shape index (κ2) is 5.79. The number of anilines is 1. The van der Waals surface area contributed by atoms with Gasteiger partial charge < -0.3 is 9.88 Å². The van der Waals surface area contributed by atoms with Gasteiger partial charge in [-0.05, 0) is 25.1 Å². The lowest BCUT2D eigenvalue weighted by atomic mass is 10.1. The van der Waals surface area contributed by atoms with Crippen LogP contribution in [0.1, 0.15) is 12.5 Å². The number of rotatable bonds is 4. The lowest BCUT2D eigenvalue weighted by Crippen LogP contribution is -2.19. The summed E-state index contributed by atoms with van der Waals surface area (Å²) in [6.45, 7) is 3.34. The molecule has 0 radical (unpaired) electrons. The predicted molar refractivity (Wildman–Crippen MR) is 85.7 cm³/mol. The van der Waals surface area contributed by atoms with Crippen molar-refractivity contribution in [2.75, 3.05) is 11.9 Å². The topological polar surface area (TPSA) is 46.9 Å². The van der Waals surface area contributed by atoms with E-state index in [-0.39, 0.29) is 5.56 Å². The van der Waals surface area contributed by atoms with E-state index in [0.29, 0.717) is 6.54 Å². The highest BCUT2D eigenvalue weighted by Crippen LogP contribution is 2.21. The maximum absolute atomic E-state index is 11.9. The number of aromatic nitrogens is 2. The summed E-state index contributed by atoms with van der Waals surface area (Å²) in [5, 5.41) is 4.36. The molecule has 0 aliphatic heterocycles. The molecular formula is C17H17N3O. The molecule has 1 N–H and O–H groups in total. The summed E-state index contributed by atoms with van der Waals surface area (Å²) < 4.78 is 1.69. The highest BCUT2D eigenvalue weighted by molar-refractivity contribution is 5.81. The van der Waals surface area contributed by atoms with E-state index in [1.54, 1.807) is 22.9 Å². The molecule has 21 heavy (non-hydrogen) atoms. The van der Waals surface area contributed by atoms with Gasteiger partial charge in [0.15, 0.2) is 0 Å². The Kier molecular flexibility index (Phi) is 3.69. The number of nitrogens with one attached hydrogen (secondary N) is 1. The van der Waals surface area contributed by atoms with Crippen molar-refractivity contribution < 1.29 is 0 Å². The Morgan fingerprint density at radius 2 is 1.95 bits per heavy atom. The van der Waals surface area contributed by atoms with Crippen LogP contribution in [0.15, 0.2) is 59.5 Å². The van der Waals surface area contributed by atoms with Gasteiger partial charge in [-0.25, -0.2) is 4.98 Å². The Morgan fingerprint density at radius 1 is 1.14 bits per heavy atom. The van der Waals surface area contributed by atoms with E-state index in [0.717, 1.165) is 28.8 Å². The Hall–Kier alpha value is -2.62. The van der Waals surface area contributed by atoms with Crippen molar-refractivity contribution in [1.82, 2.24) is 9.55 Å². The van der Waals surface area contributed by atoms with Crippen molar-refractivity contribution in [3.8, 4) is 0 Å². The van der Waals surface area contributed by atoms with Gasteiger partial charge in [0.05, 0.1) is 12.1 Å². The molecule has 0 unspecified atom stereocenters. The first kappa shape index (κ1) is 13.4. The van der Waals surface area contributed by atoms with E-state index in [4.69, 9.17) is 0 Å². The van der Waals surface area contributed by atoms with Gasteiger partial charge in [-0.2, -0.15) is 0 Å². The number of benzene rings is 1. The average Bonchev–Trinajstić information content (AvgIpc) is 2.50. The Labute approximate surface area is 123 Å². The van der Waals surface area contributed by atoms with Gasteiger partial charge in [0, 0.05) is 29.8 Å². The minimum Gasteiger partial charge on any atom is -0.370 e. The van der Waals surface area contributed by atoms with Crippen LogP contribution in [-0.4, -0.2) is 16.1 Å². The predicted octanol–water partition coefficient (Wildman–Crippen LogP) is 2.88. The molecule has 0 aliphatic carbocycles. The van der Waals surface area contributed by atoms with Crippen LogP contribution in [0, 0.1) is 0 Å². The zero-order valence-electron chi connectivity index (χ0n) is 11.9. The molecular weight excluding hydrogens is 262 g/mol. The highest BCUT2D eigenvalue weighted by atomic mass is 16.1. The molecule has 3 rings (SSSR count). The van der Waals surface area contributed by atoms with Gasteiger partial charge in [0.1, 0.15) is 5.82 Å². The van der Waals surface area contributed by atoms with Crippen molar-refractivity contribution in [2.45, 2.75) is 13.5 Å². The van der Waals surface area contributed by atoms with Crippen molar-refractivity contribution in [2.24, 2.45) is 0 Å². The first-order valence-corrected chi connectivity index (χ1v) is 7.06. The molecule has 2 aromatic heterocycles. The van der Waals surface area contributed by atoms with Crippen LogP contribution < -0.4 is 10.9 Å². The molecule has 1 aromatic carbocycles. The fourth-order valence-electron chi connectivity index (χ4n) is 2.38. The highest BCUT2D eigenvalue weighted by Gasteiger charge is 2.07. The molecule has 0 aliphatic rings. The Bertz CT molecular complexity index is 823. The fraction of sp³-hybridized carbons (Fsp3) is 0.176. The summed E-state index contributed by atoms with van der Waals surface area (Å²) in [5.41, 5.74) is 1.97. The van der Waals surface area contributed by atoms with Gasteiger partial charge >= 0.3 is 0 Å². The molecule has 0 saturated heterocycles. The standard InChI is InChI=1S/C17H17N3O/c1-2-18-17-14(12-20-10-6-5-9-16(20)21)11-13-7-3-4-8-15(13)19-17/h3-11H,2,12H2,1H3,(H,18,19). The van der Waals surface area contributed by atoms with Crippen LogP contribution in [0.5, 0.6) is 0 Å². The molecule has 0 atom stereocenters. The lowest BCUT2D eigenvalue weighted by Gasteiger charge is -2.12. The number of pyridine rings is 2. The minimum absolute atomic E-state index is 0.00638. The maximum Gasteiger partial charge on any atom is 0.250 e. The van der Waals surface area contributed by atoms with E-state index in [9.17, 15) is 4.79 Å². The molecule has 0 saturated carbocycles. The first-order valence-electron chi connectivity index (χ1n) is 7.06. The third-order valence-electron chi connectivity index (χ3n) is 3.39. The van der Waals surface area contributed by atoms with Crippen LogP contribution >= 0.6 is 0 Å². The van der Waals surface area contributed by atoms with Gasteiger partial charge in [0.25, 0.3) is 5.56 Å². The van der Waals surface area contributed by atoms with E-state index in [2.05, 4.69) is 16.4 Å². The third-order valence-corrected chi connectivity index (χ3v) is 3.39. The van der Waals surface area contributed by atoms with Crippen molar-refractivity contribution in [3.63, 3.8) is 0 Å². The van der Waals surface area contributed by atoms with Crippen molar-refractivity contribution in [3.05, 3.63) is 70.6 Å². The van der Waals surface area contributed by atoms with Gasteiger partial charge in [-0.1, -0.05) is 24.3 Å². The molecule has 2 heterocycles. The zero-order chi connectivity index (χ0) is 14.7. The normalized spacial score (nSPS) is 10.7. The second-order valence-electron chi connectivity index (χ2n) is 4.89. The number of hydrogen-bond donors (Lipinski definition) is 1. The monoisotopic (exact) mass is 279 g/mol. The number of nitrogens with zero attached hydrogens (tertiary/aromatic N) is 2. The largest absolute Gasteiger partial charge is 0.370 e. The molecule has 3 aromatic rings.